The van der Waals surface area contributed by atoms with E-state index in [1.807, 2.05) is 7.05 Å². The summed E-state index contributed by atoms with van der Waals surface area (Å²) in [6.45, 7) is 4.36. The van der Waals surface area contributed by atoms with Gasteiger partial charge in [-0.25, -0.2) is 0 Å². The third kappa shape index (κ3) is 5.13. The van der Waals surface area contributed by atoms with E-state index in [0.717, 1.165) is 13.1 Å². The van der Waals surface area contributed by atoms with Crippen molar-refractivity contribution in [3.05, 3.63) is 28.2 Å². The molecule has 0 aliphatic carbocycles. The highest BCUT2D eigenvalue weighted by Gasteiger charge is 2.09. The molecular weight excluding hydrogens is 302 g/mol. The standard InChI is InChI=1S/C15H26BrN3/c1-12(17-2)13-7-8-15(14(16)11-13)19(5)10-6-9-18(3)4/h7-8,11-12,17H,6,9-10H2,1-5H3. The minimum Gasteiger partial charge on any atom is -0.374 e. The van der Waals surface area contributed by atoms with Gasteiger partial charge in [-0.3, -0.25) is 0 Å². The smallest absolute Gasteiger partial charge is 0.0508 e. The molecule has 4 heteroatoms. The van der Waals surface area contributed by atoms with Gasteiger partial charge in [0.15, 0.2) is 0 Å². The van der Waals surface area contributed by atoms with Gasteiger partial charge in [0.1, 0.15) is 0 Å². The first kappa shape index (κ1) is 16.5. The van der Waals surface area contributed by atoms with Crippen LogP contribution < -0.4 is 10.2 Å². The van der Waals surface area contributed by atoms with Crippen LogP contribution in [0.2, 0.25) is 0 Å². The SMILES string of the molecule is CNC(C)c1ccc(N(C)CCCN(C)C)c(Br)c1. The third-order valence-corrected chi connectivity index (χ3v) is 4.05. The fraction of sp³-hybridized carbons (Fsp3) is 0.600. The summed E-state index contributed by atoms with van der Waals surface area (Å²) in [7, 11) is 8.37. The Kier molecular flexibility index (Phi) is 6.83. The largest absolute Gasteiger partial charge is 0.374 e. The second-order valence-corrected chi connectivity index (χ2v) is 6.15. The monoisotopic (exact) mass is 327 g/mol. The van der Waals surface area contributed by atoms with Crippen LogP contribution in [0.25, 0.3) is 0 Å². The summed E-state index contributed by atoms with van der Waals surface area (Å²) in [6, 6.07) is 6.98. The van der Waals surface area contributed by atoms with Crippen molar-refractivity contribution < 1.29 is 0 Å². The molecule has 0 bridgehead atoms. The first-order valence-electron chi connectivity index (χ1n) is 6.78. The average Bonchev–Trinajstić information content (AvgIpc) is 2.36. The number of anilines is 1. The molecule has 0 amide bonds. The molecule has 0 aliphatic rings. The molecule has 1 aromatic carbocycles. The van der Waals surface area contributed by atoms with Crippen LogP contribution in [0.15, 0.2) is 22.7 Å². The summed E-state index contributed by atoms with van der Waals surface area (Å²) in [4.78, 5) is 4.53. The Bertz CT molecular complexity index is 393. The zero-order valence-electron chi connectivity index (χ0n) is 12.7. The number of hydrogen-bond acceptors (Lipinski definition) is 3. The zero-order valence-corrected chi connectivity index (χ0v) is 14.3. The van der Waals surface area contributed by atoms with Crippen LogP contribution in [-0.4, -0.2) is 46.2 Å². The molecule has 0 saturated carbocycles. The third-order valence-electron chi connectivity index (χ3n) is 3.41. The Morgan fingerprint density at radius 3 is 2.42 bits per heavy atom. The van der Waals surface area contributed by atoms with Crippen molar-refractivity contribution in [1.29, 1.82) is 0 Å². The average molecular weight is 328 g/mol. The lowest BCUT2D eigenvalue weighted by atomic mass is 10.1. The lowest BCUT2D eigenvalue weighted by molar-refractivity contribution is 0.401. The number of hydrogen-bond donors (Lipinski definition) is 1. The molecule has 0 aliphatic heterocycles. The van der Waals surface area contributed by atoms with Crippen LogP contribution in [0.3, 0.4) is 0 Å². The quantitative estimate of drug-likeness (QED) is 0.830. The Morgan fingerprint density at radius 1 is 1.21 bits per heavy atom. The predicted molar refractivity (Wildman–Crippen MR) is 88.1 cm³/mol. The highest BCUT2D eigenvalue weighted by molar-refractivity contribution is 9.10. The van der Waals surface area contributed by atoms with E-state index in [2.05, 4.69) is 77.3 Å². The maximum Gasteiger partial charge on any atom is 0.0508 e. The minimum atomic E-state index is 0.379. The molecule has 1 unspecified atom stereocenters. The summed E-state index contributed by atoms with van der Waals surface area (Å²) in [5.74, 6) is 0. The van der Waals surface area contributed by atoms with Gasteiger partial charge in [0, 0.05) is 24.1 Å². The molecule has 19 heavy (non-hydrogen) atoms. The minimum absolute atomic E-state index is 0.379. The summed E-state index contributed by atoms with van der Waals surface area (Å²) in [5.41, 5.74) is 2.56. The van der Waals surface area contributed by atoms with Crippen molar-refractivity contribution in [1.82, 2.24) is 10.2 Å². The van der Waals surface area contributed by atoms with E-state index in [0.29, 0.717) is 6.04 Å². The molecule has 1 N–H and O–H groups in total. The van der Waals surface area contributed by atoms with E-state index in [1.165, 1.54) is 22.1 Å². The molecule has 3 nitrogen and oxygen atoms in total. The molecule has 0 aromatic heterocycles. The van der Waals surface area contributed by atoms with E-state index >= 15 is 0 Å². The van der Waals surface area contributed by atoms with Crippen molar-refractivity contribution in [2.45, 2.75) is 19.4 Å². The number of halogens is 1. The highest BCUT2D eigenvalue weighted by atomic mass is 79.9. The van der Waals surface area contributed by atoms with Crippen LogP contribution in [0.4, 0.5) is 5.69 Å². The number of nitrogens with zero attached hydrogens (tertiary/aromatic N) is 2. The van der Waals surface area contributed by atoms with Crippen LogP contribution in [0, 0.1) is 0 Å². The van der Waals surface area contributed by atoms with Crippen molar-refractivity contribution >= 4 is 21.6 Å². The van der Waals surface area contributed by atoms with E-state index in [-0.39, 0.29) is 0 Å². The Labute approximate surface area is 126 Å². The molecular formula is C15H26BrN3. The number of benzene rings is 1. The van der Waals surface area contributed by atoms with E-state index < -0.39 is 0 Å². The summed E-state index contributed by atoms with van der Waals surface area (Å²) in [5, 5.41) is 3.26. The van der Waals surface area contributed by atoms with Crippen LogP contribution in [-0.2, 0) is 0 Å². The first-order chi connectivity index (χ1) is 8.95. The van der Waals surface area contributed by atoms with Crippen LogP contribution in [0.1, 0.15) is 24.9 Å². The van der Waals surface area contributed by atoms with Gasteiger partial charge < -0.3 is 15.1 Å². The molecule has 0 heterocycles. The molecule has 0 radical (unpaired) electrons. The molecule has 1 rings (SSSR count). The van der Waals surface area contributed by atoms with E-state index in [1.54, 1.807) is 0 Å². The predicted octanol–water partition coefficient (Wildman–Crippen LogP) is 3.12. The van der Waals surface area contributed by atoms with Gasteiger partial charge in [0.05, 0.1) is 5.69 Å². The molecule has 1 atom stereocenters. The second kappa shape index (κ2) is 7.88. The lowest BCUT2D eigenvalue weighted by Gasteiger charge is -2.23. The van der Waals surface area contributed by atoms with Gasteiger partial charge >= 0.3 is 0 Å². The fourth-order valence-electron chi connectivity index (χ4n) is 2.01. The number of rotatable bonds is 7. The summed E-state index contributed by atoms with van der Waals surface area (Å²) >= 11 is 3.69. The molecule has 0 saturated heterocycles. The van der Waals surface area contributed by atoms with Crippen molar-refractivity contribution in [2.24, 2.45) is 0 Å². The molecule has 108 valence electrons. The summed E-state index contributed by atoms with van der Waals surface area (Å²) < 4.78 is 1.17. The van der Waals surface area contributed by atoms with E-state index in [4.69, 9.17) is 0 Å². The number of nitrogens with one attached hydrogen (secondary N) is 1. The van der Waals surface area contributed by atoms with Gasteiger partial charge in [-0.05, 0) is 74.7 Å². The van der Waals surface area contributed by atoms with Gasteiger partial charge in [-0.1, -0.05) is 6.07 Å². The molecule has 0 fully saturated rings. The van der Waals surface area contributed by atoms with Crippen LogP contribution in [0.5, 0.6) is 0 Å². The van der Waals surface area contributed by atoms with Crippen LogP contribution >= 0.6 is 15.9 Å². The summed E-state index contributed by atoms with van der Waals surface area (Å²) in [6.07, 6.45) is 1.17. The first-order valence-corrected chi connectivity index (χ1v) is 7.57. The Hall–Kier alpha value is -0.580. The normalized spacial score (nSPS) is 12.8. The maximum absolute atomic E-state index is 3.69. The second-order valence-electron chi connectivity index (χ2n) is 5.30. The highest BCUT2D eigenvalue weighted by Crippen LogP contribution is 2.28. The molecule has 1 aromatic rings. The van der Waals surface area contributed by atoms with Gasteiger partial charge in [-0.2, -0.15) is 0 Å². The Balaban J connectivity index is 2.67. The fourth-order valence-corrected chi connectivity index (χ4v) is 2.71. The topological polar surface area (TPSA) is 18.5 Å². The van der Waals surface area contributed by atoms with Crippen molar-refractivity contribution in [2.75, 3.05) is 46.2 Å². The van der Waals surface area contributed by atoms with Gasteiger partial charge in [0.25, 0.3) is 0 Å². The zero-order chi connectivity index (χ0) is 14.4. The lowest BCUT2D eigenvalue weighted by Crippen LogP contribution is -2.23. The van der Waals surface area contributed by atoms with Gasteiger partial charge in [0.2, 0.25) is 0 Å². The van der Waals surface area contributed by atoms with Crippen molar-refractivity contribution in [3.63, 3.8) is 0 Å². The maximum atomic E-state index is 3.69. The van der Waals surface area contributed by atoms with Gasteiger partial charge in [-0.15, -0.1) is 0 Å². The Morgan fingerprint density at radius 2 is 1.89 bits per heavy atom. The van der Waals surface area contributed by atoms with E-state index in [9.17, 15) is 0 Å². The molecule has 0 spiro atoms. The van der Waals surface area contributed by atoms with Crippen molar-refractivity contribution in [3.8, 4) is 0 Å².